The second-order valence-corrected chi connectivity index (χ2v) is 5.36. The fourth-order valence-corrected chi connectivity index (χ4v) is 1.47. The van der Waals surface area contributed by atoms with Crippen LogP contribution < -0.4 is 11.1 Å². The third-order valence-corrected chi connectivity index (χ3v) is 2.32. The molecule has 1 rings (SSSR count). The number of nitrogens with two attached hydrogens (primary N) is 1. The zero-order chi connectivity index (χ0) is 16.0. The summed E-state index contributed by atoms with van der Waals surface area (Å²) in [6, 6.07) is 4.50. The average molecular weight is 293 g/mol. The predicted molar refractivity (Wildman–Crippen MR) is 80.8 cm³/mol. The van der Waals surface area contributed by atoms with E-state index in [0.717, 1.165) is 0 Å². The maximum Gasteiger partial charge on any atom is 0.407 e. The minimum atomic E-state index is -0.550. The highest BCUT2D eigenvalue weighted by molar-refractivity contribution is 5.68. The molecule has 0 unspecified atom stereocenters. The molecule has 3 N–H and O–H groups in total. The number of hydrogen-bond acceptors (Lipinski definition) is 5. The summed E-state index contributed by atoms with van der Waals surface area (Å²) in [4.78, 5) is 21.6. The van der Waals surface area contributed by atoms with Crippen LogP contribution in [-0.2, 0) is 4.74 Å². The van der Waals surface area contributed by atoms with Gasteiger partial charge in [-0.05, 0) is 32.4 Å². The van der Waals surface area contributed by atoms with Crippen LogP contribution in [0.25, 0.3) is 6.08 Å². The third kappa shape index (κ3) is 5.94. The summed E-state index contributed by atoms with van der Waals surface area (Å²) in [6.07, 6.45) is 2.80. The minimum Gasteiger partial charge on any atom is -0.444 e. The number of ether oxygens (including phenoxy) is 1. The largest absolute Gasteiger partial charge is 0.444 e. The highest BCUT2D eigenvalue weighted by Crippen LogP contribution is 2.22. The minimum absolute atomic E-state index is 0.115. The molecule has 7 nitrogen and oxygen atoms in total. The smallest absolute Gasteiger partial charge is 0.407 e. The van der Waals surface area contributed by atoms with Crippen LogP contribution in [-0.4, -0.2) is 23.2 Å². The molecular weight excluding hydrogens is 274 g/mol. The van der Waals surface area contributed by atoms with Crippen LogP contribution in [0.4, 0.5) is 16.2 Å². The van der Waals surface area contributed by atoms with E-state index in [-0.39, 0.29) is 17.9 Å². The molecule has 0 saturated heterocycles. The summed E-state index contributed by atoms with van der Waals surface area (Å²) in [5.74, 6) is 0. The van der Waals surface area contributed by atoms with Gasteiger partial charge in [0.2, 0.25) is 0 Å². The molecule has 21 heavy (non-hydrogen) atoms. The van der Waals surface area contributed by atoms with E-state index in [1.54, 1.807) is 39.0 Å². The van der Waals surface area contributed by atoms with Crippen molar-refractivity contribution in [3.8, 4) is 0 Å². The van der Waals surface area contributed by atoms with Crippen molar-refractivity contribution in [3.63, 3.8) is 0 Å². The number of amides is 1. The first-order valence-electron chi connectivity index (χ1n) is 6.36. The molecule has 0 radical (unpaired) electrons. The molecule has 0 aliphatic rings. The molecule has 1 aromatic carbocycles. The molecule has 0 heterocycles. The Morgan fingerprint density at radius 1 is 1.48 bits per heavy atom. The number of rotatable bonds is 4. The average Bonchev–Trinajstić information content (AvgIpc) is 2.34. The number of alkyl carbamates (subject to hydrolysis) is 1. The van der Waals surface area contributed by atoms with Gasteiger partial charge in [0.15, 0.2) is 0 Å². The Morgan fingerprint density at radius 3 is 2.71 bits per heavy atom. The van der Waals surface area contributed by atoms with Crippen LogP contribution >= 0.6 is 0 Å². The second kappa shape index (κ2) is 6.74. The maximum absolute atomic E-state index is 11.4. The van der Waals surface area contributed by atoms with E-state index in [1.165, 1.54) is 12.1 Å². The van der Waals surface area contributed by atoms with Gasteiger partial charge in [0.1, 0.15) is 11.3 Å². The van der Waals surface area contributed by atoms with Gasteiger partial charge in [0.05, 0.1) is 4.92 Å². The van der Waals surface area contributed by atoms with Crippen molar-refractivity contribution in [2.24, 2.45) is 0 Å². The van der Waals surface area contributed by atoms with E-state index in [2.05, 4.69) is 5.32 Å². The summed E-state index contributed by atoms with van der Waals surface area (Å²) in [7, 11) is 0. The highest BCUT2D eigenvalue weighted by Gasteiger charge is 2.15. The van der Waals surface area contributed by atoms with E-state index < -0.39 is 16.6 Å². The number of benzene rings is 1. The van der Waals surface area contributed by atoms with Crippen LogP contribution in [0, 0.1) is 10.1 Å². The van der Waals surface area contributed by atoms with Gasteiger partial charge in [0.25, 0.3) is 5.69 Å². The lowest BCUT2D eigenvalue weighted by Gasteiger charge is -2.19. The molecule has 7 heteroatoms. The predicted octanol–water partition coefficient (Wildman–Crippen LogP) is 2.71. The first kappa shape index (κ1) is 16.5. The number of nitro benzene ring substituents is 1. The molecular formula is C14H19N3O4. The Kier molecular flexibility index (Phi) is 5.29. The van der Waals surface area contributed by atoms with Crippen molar-refractivity contribution in [1.82, 2.24) is 5.32 Å². The van der Waals surface area contributed by atoms with Crippen molar-refractivity contribution >= 4 is 23.5 Å². The summed E-state index contributed by atoms with van der Waals surface area (Å²) in [6.45, 7) is 5.58. The van der Waals surface area contributed by atoms with Gasteiger partial charge in [-0.2, -0.15) is 0 Å². The lowest BCUT2D eigenvalue weighted by Crippen LogP contribution is -2.32. The molecule has 0 aromatic heterocycles. The van der Waals surface area contributed by atoms with Crippen molar-refractivity contribution in [2.75, 3.05) is 12.3 Å². The fraction of sp³-hybridized carbons (Fsp3) is 0.357. The Balaban J connectivity index is 2.56. The molecule has 114 valence electrons. The molecule has 0 saturated carbocycles. The van der Waals surface area contributed by atoms with Crippen LogP contribution in [0.1, 0.15) is 26.3 Å². The number of nitro groups is 1. The number of nitrogens with zero attached hydrogens (tertiary/aromatic N) is 1. The molecule has 0 aliphatic carbocycles. The topological polar surface area (TPSA) is 107 Å². The van der Waals surface area contributed by atoms with Crippen molar-refractivity contribution in [2.45, 2.75) is 26.4 Å². The van der Waals surface area contributed by atoms with Gasteiger partial charge in [-0.1, -0.05) is 18.2 Å². The normalized spacial score (nSPS) is 11.4. The van der Waals surface area contributed by atoms with Crippen LogP contribution in [0.15, 0.2) is 24.3 Å². The zero-order valence-corrected chi connectivity index (χ0v) is 12.3. The zero-order valence-electron chi connectivity index (χ0n) is 12.3. The standard InChI is InChI=1S/C14H19N3O4/c1-14(2,3)21-13(18)16-8-4-5-10-6-7-11(15)12(9-10)17(19)20/h4-7,9H,8,15H2,1-3H3,(H,16,18). The lowest BCUT2D eigenvalue weighted by atomic mass is 10.1. The monoisotopic (exact) mass is 293 g/mol. The molecule has 0 spiro atoms. The molecule has 1 aromatic rings. The summed E-state index contributed by atoms with van der Waals surface area (Å²) < 4.78 is 5.07. The fourth-order valence-electron chi connectivity index (χ4n) is 1.47. The van der Waals surface area contributed by atoms with E-state index in [4.69, 9.17) is 10.5 Å². The number of nitrogen functional groups attached to an aromatic ring is 1. The van der Waals surface area contributed by atoms with Crippen molar-refractivity contribution in [1.29, 1.82) is 0 Å². The summed E-state index contributed by atoms with van der Waals surface area (Å²) in [5, 5.41) is 13.3. The Bertz CT molecular complexity index is 562. The molecule has 0 fully saturated rings. The van der Waals surface area contributed by atoms with Crippen LogP contribution in [0.2, 0.25) is 0 Å². The highest BCUT2D eigenvalue weighted by atomic mass is 16.6. The third-order valence-electron chi connectivity index (χ3n) is 2.32. The van der Waals surface area contributed by atoms with Gasteiger partial charge in [-0.15, -0.1) is 0 Å². The Hall–Kier alpha value is -2.57. The van der Waals surface area contributed by atoms with E-state index in [1.807, 2.05) is 0 Å². The van der Waals surface area contributed by atoms with Gasteiger partial charge < -0.3 is 15.8 Å². The van der Waals surface area contributed by atoms with Gasteiger partial charge in [0, 0.05) is 12.6 Å². The molecule has 0 aliphatic heterocycles. The lowest BCUT2D eigenvalue weighted by molar-refractivity contribution is -0.383. The van der Waals surface area contributed by atoms with Gasteiger partial charge in [-0.25, -0.2) is 4.79 Å². The van der Waals surface area contributed by atoms with Gasteiger partial charge >= 0.3 is 6.09 Å². The number of carbonyl (C=O) groups excluding carboxylic acids is 1. The Labute approximate surface area is 122 Å². The SMILES string of the molecule is CC(C)(C)OC(=O)NCC=Cc1ccc(N)c([N+](=O)[O-])c1. The van der Waals surface area contributed by atoms with Crippen LogP contribution in [0.3, 0.4) is 0 Å². The molecule has 0 bridgehead atoms. The first-order chi connectivity index (χ1) is 9.69. The van der Waals surface area contributed by atoms with Crippen molar-refractivity contribution in [3.05, 3.63) is 40.0 Å². The first-order valence-corrected chi connectivity index (χ1v) is 6.36. The number of anilines is 1. The van der Waals surface area contributed by atoms with Gasteiger partial charge in [-0.3, -0.25) is 10.1 Å². The molecule has 1 amide bonds. The van der Waals surface area contributed by atoms with Crippen molar-refractivity contribution < 1.29 is 14.5 Å². The van der Waals surface area contributed by atoms with E-state index in [0.29, 0.717) is 5.56 Å². The second-order valence-electron chi connectivity index (χ2n) is 5.36. The summed E-state index contributed by atoms with van der Waals surface area (Å²) in [5.41, 5.74) is 5.55. The number of hydrogen-bond donors (Lipinski definition) is 2. The van der Waals surface area contributed by atoms with E-state index in [9.17, 15) is 14.9 Å². The summed E-state index contributed by atoms with van der Waals surface area (Å²) >= 11 is 0. The maximum atomic E-state index is 11.4. The molecule has 0 atom stereocenters. The quantitative estimate of drug-likeness (QED) is 0.504. The van der Waals surface area contributed by atoms with E-state index >= 15 is 0 Å². The van der Waals surface area contributed by atoms with Crippen LogP contribution in [0.5, 0.6) is 0 Å². The Morgan fingerprint density at radius 2 is 2.14 bits per heavy atom. The number of carbonyl (C=O) groups is 1. The number of nitrogens with one attached hydrogen (secondary N) is 1.